The Hall–Kier alpha value is -0.660. The first-order valence-corrected chi connectivity index (χ1v) is 8.97. The lowest BCUT2D eigenvalue weighted by atomic mass is 10.1. The molecule has 0 aromatic rings. The number of sulfonamides is 1. The second-order valence-corrected chi connectivity index (χ2v) is 6.76. The summed E-state index contributed by atoms with van der Waals surface area (Å²) in [5, 5.41) is 3.14. The fourth-order valence-corrected chi connectivity index (χ4v) is 2.87. The van der Waals surface area contributed by atoms with Gasteiger partial charge in [-0.05, 0) is 19.4 Å². The van der Waals surface area contributed by atoms with E-state index in [-0.39, 0.29) is 12.0 Å². The Bertz CT molecular complexity index is 371. The van der Waals surface area contributed by atoms with Crippen molar-refractivity contribution in [2.75, 3.05) is 33.0 Å². The van der Waals surface area contributed by atoms with Crippen LogP contribution >= 0.6 is 0 Å². The first-order valence-electron chi connectivity index (χ1n) is 7.13. The first kappa shape index (κ1) is 19.3. The fourth-order valence-electron chi connectivity index (χ4n) is 1.94. The number of carbonyl (C=O) groups excluding carboxylic acids is 1. The largest absolute Gasteiger partial charge is 0.468 e. The Balaban J connectivity index is 4.14. The Morgan fingerprint density at radius 1 is 1.30 bits per heavy atom. The minimum atomic E-state index is -3.14. The van der Waals surface area contributed by atoms with Crippen molar-refractivity contribution < 1.29 is 17.9 Å². The Morgan fingerprint density at radius 2 is 1.95 bits per heavy atom. The number of nitrogens with zero attached hydrogens (tertiary/aromatic N) is 1. The van der Waals surface area contributed by atoms with Crippen molar-refractivity contribution in [2.24, 2.45) is 0 Å². The van der Waals surface area contributed by atoms with Crippen molar-refractivity contribution in [1.82, 2.24) is 9.62 Å². The summed E-state index contributed by atoms with van der Waals surface area (Å²) in [4.78, 5) is 11.6. The number of ether oxygens (including phenoxy) is 1. The summed E-state index contributed by atoms with van der Waals surface area (Å²) in [6, 6.07) is -0.298. The van der Waals surface area contributed by atoms with E-state index in [1.54, 1.807) is 0 Å². The van der Waals surface area contributed by atoms with E-state index in [9.17, 15) is 13.2 Å². The van der Waals surface area contributed by atoms with Gasteiger partial charge in [0, 0.05) is 13.1 Å². The third-order valence-corrected chi connectivity index (χ3v) is 4.51. The second-order valence-electron chi connectivity index (χ2n) is 4.78. The molecule has 0 spiro atoms. The molecule has 0 fully saturated rings. The van der Waals surface area contributed by atoms with Crippen LogP contribution in [0.5, 0.6) is 0 Å². The van der Waals surface area contributed by atoms with Crippen LogP contribution in [0.4, 0.5) is 0 Å². The molecule has 1 N–H and O–H groups in total. The normalized spacial score (nSPS) is 13.4. The number of carbonyl (C=O) groups is 1. The van der Waals surface area contributed by atoms with Crippen LogP contribution in [0.15, 0.2) is 0 Å². The van der Waals surface area contributed by atoms with Gasteiger partial charge in [0.15, 0.2) is 0 Å². The van der Waals surface area contributed by atoms with E-state index < -0.39 is 10.0 Å². The summed E-state index contributed by atoms with van der Waals surface area (Å²) in [7, 11) is -1.76. The van der Waals surface area contributed by atoms with Gasteiger partial charge in [-0.3, -0.25) is 4.79 Å². The molecule has 0 saturated heterocycles. The van der Waals surface area contributed by atoms with Crippen molar-refractivity contribution in [2.45, 2.75) is 45.6 Å². The summed E-state index contributed by atoms with van der Waals surface area (Å²) in [6.45, 7) is 5.40. The van der Waals surface area contributed by atoms with Gasteiger partial charge in [0.1, 0.15) is 6.04 Å². The Labute approximate surface area is 122 Å². The molecule has 0 amide bonds. The van der Waals surface area contributed by atoms with E-state index in [1.165, 1.54) is 17.7 Å². The molecule has 0 aliphatic rings. The molecule has 0 saturated carbocycles. The van der Waals surface area contributed by atoms with Gasteiger partial charge in [-0.25, -0.2) is 12.7 Å². The average Bonchev–Trinajstić information content (AvgIpc) is 2.39. The van der Waals surface area contributed by atoms with Crippen molar-refractivity contribution in [1.29, 1.82) is 0 Å². The average molecular weight is 308 g/mol. The highest BCUT2D eigenvalue weighted by atomic mass is 32.2. The summed E-state index contributed by atoms with van der Waals surface area (Å²) in [5.74, 6) is -0.256. The predicted octanol–water partition coefficient (Wildman–Crippen LogP) is 0.979. The van der Waals surface area contributed by atoms with E-state index in [2.05, 4.69) is 12.2 Å². The zero-order chi connectivity index (χ0) is 15.6. The minimum Gasteiger partial charge on any atom is -0.468 e. The number of methoxy groups -OCH3 is 1. The first-order chi connectivity index (χ1) is 9.36. The van der Waals surface area contributed by atoms with Crippen molar-refractivity contribution >= 4 is 16.0 Å². The molecule has 0 heterocycles. The molecule has 0 aliphatic heterocycles. The second kappa shape index (κ2) is 10.1. The highest BCUT2D eigenvalue weighted by molar-refractivity contribution is 7.88. The molecule has 7 heteroatoms. The number of nitrogens with one attached hydrogen (secondary N) is 1. The topological polar surface area (TPSA) is 75.7 Å². The minimum absolute atomic E-state index is 0.256. The van der Waals surface area contributed by atoms with Crippen LogP contribution in [0.3, 0.4) is 0 Å². The van der Waals surface area contributed by atoms with E-state index in [4.69, 9.17) is 4.74 Å². The number of hydrogen-bond acceptors (Lipinski definition) is 5. The highest BCUT2D eigenvalue weighted by Crippen LogP contribution is 2.03. The lowest BCUT2D eigenvalue weighted by molar-refractivity contribution is -0.143. The molecule has 0 aliphatic carbocycles. The summed E-state index contributed by atoms with van der Waals surface area (Å²) in [5.41, 5.74) is 0. The van der Waals surface area contributed by atoms with Crippen LogP contribution in [-0.4, -0.2) is 57.7 Å². The number of unbranched alkanes of at least 4 members (excludes halogenated alkanes) is 1. The zero-order valence-corrected chi connectivity index (χ0v) is 13.8. The Morgan fingerprint density at radius 3 is 2.40 bits per heavy atom. The molecule has 6 nitrogen and oxygen atoms in total. The van der Waals surface area contributed by atoms with Gasteiger partial charge >= 0.3 is 5.97 Å². The molecule has 0 aromatic carbocycles. The predicted molar refractivity (Wildman–Crippen MR) is 80.0 cm³/mol. The van der Waals surface area contributed by atoms with Crippen molar-refractivity contribution in [3.05, 3.63) is 0 Å². The van der Waals surface area contributed by atoms with Crippen LogP contribution in [0.2, 0.25) is 0 Å². The molecule has 0 aromatic heterocycles. The van der Waals surface area contributed by atoms with Crippen LogP contribution in [0, 0.1) is 0 Å². The number of rotatable bonds is 11. The van der Waals surface area contributed by atoms with Gasteiger partial charge in [0.05, 0.1) is 13.4 Å². The van der Waals surface area contributed by atoms with E-state index in [1.807, 2.05) is 6.92 Å². The molecule has 20 heavy (non-hydrogen) atoms. The quantitative estimate of drug-likeness (QED) is 0.455. The molecule has 120 valence electrons. The maximum absolute atomic E-state index is 11.6. The van der Waals surface area contributed by atoms with E-state index >= 15 is 0 Å². The standard InChI is InChI=1S/C13H28N2O4S/c1-5-7-9-12(13(16)19-3)14-10-8-11-15(6-2)20(4,17)18/h12,14H,5-11H2,1-4H3. The lowest BCUT2D eigenvalue weighted by Gasteiger charge is -2.19. The molecule has 0 radical (unpaired) electrons. The fraction of sp³-hybridized carbons (Fsp3) is 0.923. The number of hydrogen-bond donors (Lipinski definition) is 1. The molecule has 1 atom stereocenters. The van der Waals surface area contributed by atoms with Crippen LogP contribution in [0.25, 0.3) is 0 Å². The van der Waals surface area contributed by atoms with E-state index in [0.717, 1.165) is 19.3 Å². The summed E-state index contributed by atoms with van der Waals surface area (Å²) in [6.07, 6.45) is 4.60. The van der Waals surface area contributed by atoms with Crippen LogP contribution < -0.4 is 5.32 Å². The van der Waals surface area contributed by atoms with Crippen molar-refractivity contribution in [3.63, 3.8) is 0 Å². The molecular weight excluding hydrogens is 280 g/mol. The summed E-state index contributed by atoms with van der Waals surface area (Å²) < 4.78 is 29.0. The monoisotopic (exact) mass is 308 g/mol. The van der Waals surface area contributed by atoms with Crippen molar-refractivity contribution in [3.8, 4) is 0 Å². The maximum atomic E-state index is 11.6. The van der Waals surface area contributed by atoms with Gasteiger partial charge in [-0.15, -0.1) is 0 Å². The molecular formula is C13H28N2O4S. The zero-order valence-electron chi connectivity index (χ0n) is 13.0. The summed E-state index contributed by atoms with van der Waals surface area (Å²) >= 11 is 0. The molecule has 1 unspecified atom stereocenters. The van der Waals surface area contributed by atoms with Gasteiger partial charge in [-0.2, -0.15) is 0 Å². The highest BCUT2D eigenvalue weighted by Gasteiger charge is 2.18. The molecule has 0 rings (SSSR count). The van der Waals surface area contributed by atoms with Gasteiger partial charge < -0.3 is 10.1 Å². The SMILES string of the molecule is CCCCC(NCCCN(CC)S(C)(=O)=O)C(=O)OC. The Kier molecular flexibility index (Phi) is 9.79. The number of esters is 1. The third kappa shape index (κ3) is 7.81. The lowest BCUT2D eigenvalue weighted by Crippen LogP contribution is -2.39. The maximum Gasteiger partial charge on any atom is 0.322 e. The van der Waals surface area contributed by atoms with Gasteiger partial charge in [-0.1, -0.05) is 26.7 Å². The molecule has 0 bridgehead atoms. The van der Waals surface area contributed by atoms with E-state index in [0.29, 0.717) is 26.1 Å². The van der Waals surface area contributed by atoms with Gasteiger partial charge in [0.2, 0.25) is 10.0 Å². The third-order valence-electron chi connectivity index (χ3n) is 3.13. The van der Waals surface area contributed by atoms with Gasteiger partial charge in [0.25, 0.3) is 0 Å². The van der Waals surface area contributed by atoms with Crippen LogP contribution in [0.1, 0.15) is 39.5 Å². The smallest absolute Gasteiger partial charge is 0.322 e. The van der Waals surface area contributed by atoms with Crippen LogP contribution in [-0.2, 0) is 19.6 Å².